The molecule has 6 heteroatoms. The van der Waals surface area contributed by atoms with Crippen molar-refractivity contribution in [1.29, 1.82) is 0 Å². The van der Waals surface area contributed by atoms with Gasteiger partial charge in [0.15, 0.2) is 0 Å². The maximum atomic E-state index is 5.98. The molecule has 23 heavy (non-hydrogen) atoms. The molecule has 0 amide bonds. The lowest BCUT2D eigenvalue weighted by Crippen LogP contribution is -2.12. The number of aryl methyl sites for hydroxylation is 1. The van der Waals surface area contributed by atoms with Crippen LogP contribution in [0, 0.1) is 0 Å². The van der Waals surface area contributed by atoms with Gasteiger partial charge in [-0.15, -0.1) is 0 Å². The van der Waals surface area contributed by atoms with Crippen LogP contribution in [0.5, 0.6) is 5.75 Å². The maximum Gasteiger partial charge on any atom is 0.243 e. The lowest BCUT2D eigenvalue weighted by Gasteiger charge is -2.17. The second-order valence-corrected chi connectivity index (χ2v) is 5.60. The Balaban J connectivity index is 1.96. The molecule has 2 aromatic carbocycles. The molecule has 1 aromatic heterocycles. The van der Waals surface area contributed by atoms with Gasteiger partial charge in [0, 0.05) is 18.7 Å². The van der Waals surface area contributed by atoms with E-state index in [1.165, 1.54) is 10.8 Å². The van der Waals surface area contributed by atoms with Crippen molar-refractivity contribution >= 4 is 16.7 Å². The predicted octanol–water partition coefficient (Wildman–Crippen LogP) is 3.25. The first-order valence-electron chi connectivity index (χ1n) is 7.86. The van der Waals surface area contributed by atoms with Crippen molar-refractivity contribution in [3.8, 4) is 5.75 Å². The Kier molecular flexibility index (Phi) is 4.41. The molecule has 0 saturated heterocycles. The van der Waals surface area contributed by atoms with Crippen LogP contribution in [0.2, 0.25) is 0 Å². The SMILES string of the molecule is CCn1nnnc1NCc1c(OC(C)C)ccc2ccccc12. The van der Waals surface area contributed by atoms with E-state index in [4.69, 9.17) is 4.74 Å². The number of hydrogen-bond donors (Lipinski definition) is 1. The number of ether oxygens (including phenoxy) is 1. The minimum Gasteiger partial charge on any atom is -0.491 e. The van der Waals surface area contributed by atoms with Crippen LogP contribution in [0.25, 0.3) is 10.8 Å². The summed E-state index contributed by atoms with van der Waals surface area (Å²) >= 11 is 0. The van der Waals surface area contributed by atoms with Gasteiger partial charge >= 0.3 is 0 Å². The Labute approximate surface area is 135 Å². The first-order valence-corrected chi connectivity index (χ1v) is 7.86. The van der Waals surface area contributed by atoms with Gasteiger partial charge < -0.3 is 10.1 Å². The van der Waals surface area contributed by atoms with Crippen LogP contribution in [0.3, 0.4) is 0 Å². The third-order valence-electron chi connectivity index (χ3n) is 3.61. The molecule has 0 unspecified atom stereocenters. The molecular weight excluding hydrogens is 290 g/mol. The number of rotatable bonds is 6. The van der Waals surface area contributed by atoms with Gasteiger partial charge in [0.05, 0.1) is 6.10 Å². The van der Waals surface area contributed by atoms with Gasteiger partial charge in [-0.3, -0.25) is 0 Å². The van der Waals surface area contributed by atoms with E-state index in [1.807, 2.05) is 39.0 Å². The molecule has 6 nitrogen and oxygen atoms in total. The molecule has 0 atom stereocenters. The summed E-state index contributed by atoms with van der Waals surface area (Å²) in [6, 6.07) is 12.4. The lowest BCUT2D eigenvalue weighted by molar-refractivity contribution is 0.240. The first kappa shape index (κ1) is 15.3. The average Bonchev–Trinajstić information content (AvgIpc) is 3.00. The van der Waals surface area contributed by atoms with E-state index in [-0.39, 0.29) is 6.10 Å². The van der Waals surface area contributed by atoms with E-state index >= 15 is 0 Å². The second-order valence-electron chi connectivity index (χ2n) is 5.60. The van der Waals surface area contributed by atoms with Crippen LogP contribution < -0.4 is 10.1 Å². The molecule has 3 aromatic rings. The Bertz CT molecular complexity index is 797. The number of anilines is 1. The van der Waals surface area contributed by atoms with Gasteiger partial charge in [-0.2, -0.15) is 0 Å². The molecule has 0 aliphatic rings. The second kappa shape index (κ2) is 6.64. The smallest absolute Gasteiger partial charge is 0.243 e. The van der Waals surface area contributed by atoms with Crippen LogP contribution >= 0.6 is 0 Å². The van der Waals surface area contributed by atoms with Crippen molar-refractivity contribution in [3.05, 3.63) is 42.0 Å². The number of nitrogens with zero attached hydrogens (tertiary/aromatic N) is 4. The van der Waals surface area contributed by atoms with Gasteiger partial charge in [0.1, 0.15) is 5.75 Å². The molecule has 120 valence electrons. The zero-order valence-corrected chi connectivity index (χ0v) is 13.7. The van der Waals surface area contributed by atoms with Gasteiger partial charge in [-0.1, -0.05) is 35.4 Å². The van der Waals surface area contributed by atoms with Gasteiger partial charge in [0.25, 0.3) is 0 Å². The average molecular weight is 311 g/mol. The highest BCUT2D eigenvalue weighted by Crippen LogP contribution is 2.29. The van der Waals surface area contributed by atoms with Crippen molar-refractivity contribution in [2.75, 3.05) is 5.32 Å². The van der Waals surface area contributed by atoms with E-state index in [0.29, 0.717) is 12.5 Å². The normalized spacial score (nSPS) is 11.1. The maximum absolute atomic E-state index is 5.98. The van der Waals surface area contributed by atoms with Crippen LogP contribution in [0.1, 0.15) is 26.3 Å². The Morgan fingerprint density at radius 3 is 2.78 bits per heavy atom. The van der Waals surface area contributed by atoms with E-state index in [9.17, 15) is 0 Å². The molecule has 0 aliphatic carbocycles. The highest BCUT2D eigenvalue weighted by atomic mass is 16.5. The first-order chi connectivity index (χ1) is 11.2. The predicted molar refractivity (Wildman–Crippen MR) is 90.5 cm³/mol. The fourth-order valence-corrected chi connectivity index (χ4v) is 2.57. The number of fused-ring (bicyclic) bond motifs is 1. The molecule has 0 fully saturated rings. The van der Waals surface area contributed by atoms with Gasteiger partial charge in [-0.25, -0.2) is 4.68 Å². The topological polar surface area (TPSA) is 64.9 Å². The molecule has 0 bridgehead atoms. The van der Waals surface area contributed by atoms with Crippen LogP contribution in [0.15, 0.2) is 36.4 Å². The minimum atomic E-state index is 0.121. The molecule has 0 saturated carbocycles. The Hall–Kier alpha value is -2.63. The molecular formula is C17H21N5O. The third kappa shape index (κ3) is 3.26. The fraction of sp³-hybridized carbons (Fsp3) is 0.353. The number of aromatic nitrogens is 4. The quantitative estimate of drug-likeness (QED) is 0.757. The van der Waals surface area contributed by atoms with E-state index < -0.39 is 0 Å². The zero-order valence-electron chi connectivity index (χ0n) is 13.7. The molecule has 0 aliphatic heterocycles. The number of nitrogens with one attached hydrogen (secondary N) is 1. The van der Waals surface area contributed by atoms with Crippen molar-refractivity contribution in [2.45, 2.75) is 40.0 Å². The molecule has 1 heterocycles. The highest BCUT2D eigenvalue weighted by molar-refractivity contribution is 5.88. The third-order valence-corrected chi connectivity index (χ3v) is 3.61. The van der Waals surface area contributed by atoms with E-state index in [0.717, 1.165) is 17.9 Å². The van der Waals surface area contributed by atoms with E-state index in [2.05, 4.69) is 39.0 Å². The monoisotopic (exact) mass is 311 g/mol. The Morgan fingerprint density at radius 2 is 2.00 bits per heavy atom. The summed E-state index contributed by atoms with van der Waals surface area (Å²) in [6.07, 6.45) is 0.121. The number of benzene rings is 2. The van der Waals surface area contributed by atoms with Crippen LogP contribution in [-0.2, 0) is 13.1 Å². The summed E-state index contributed by atoms with van der Waals surface area (Å²) in [7, 11) is 0. The summed E-state index contributed by atoms with van der Waals surface area (Å²) in [5.74, 6) is 1.55. The summed E-state index contributed by atoms with van der Waals surface area (Å²) in [5, 5.41) is 17.4. The summed E-state index contributed by atoms with van der Waals surface area (Å²) in [6.45, 7) is 7.39. The zero-order chi connectivity index (χ0) is 16.2. The summed E-state index contributed by atoms with van der Waals surface area (Å²) in [4.78, 5) is 0. The number of hydrogen-bond acceptors (Lipinski definition) is 5. The van der Waals surface area contributed by atoms with Gasteiger partial charge in [-0.05, 0) is 48.0 Å². The number of tetrazole rings is 1. The molecule has 1 N–H and O–H groups in total. The minimum absolute atomic E-state index is 0.121. The van der Waals surface area contributed by atoms with Crippen molar-refractivity contribution in [3.63, 3.8) is 0 Å². The van der Waals surface area contributed by atoms with Crippen molar-refractivity contribution in [1.82, 2.24) is 20.2 Å². The largest absolute Gasteiger partial charge is 0.491 e. The van der Waals surface area contributed by atoms with Crippen LogP contribution in [0.4, 0.5) is 5.95 Å². The van der Waals surface area contributed by atoms with Crippen LogP contribution in [-0.4, -0.2) is 26.3 Å². The fourth-order valence-electron chi connectivity index (χ4n) is 2.57. The summed E-state index contributed by atoms with van der Waals surface area (Å²) < 4.78 is 7.71. The molecule has 0 radical (unpaired) electrons. The highest BCUT2D eigenvalue weighted by Gasteiger charge is 2.12. The standard InChI is InChI=1S/C17H21N5O/c1-4-22-17(19-20-21-22)18-11-15-14-8-6-5-7-13(14)9-10-16(15)23-12(2)3/h5-10,12H,4,11H2,1-3H3,(H,18,19,21). The lowest BCUT2D eigenvalue weighted by atomic mass is 10.0. The van der Waals surface area contributed by atoms with E-state index in [1.54, 1.807) is 4.68 Å². The Morgan fingerprint density at radius 1 is 1.17 bits per heavy atom. The van der Waals surface area contributed by atoms with Crippen molar-refractivity contribution < 1.29 is 4.74 Å². The summed E-state index contributed by atoms with van der Waals surface area (Å²) in [5.41, 5.74) is 1.11. The van der Waals surface area contributed by atoms with Crippen molar-refractivity contribution in [2.24, 2.45) is 0 Å². The van der Waals surface area contributed by atoms with Gasteiger partial charge in [0.2, 0.25) is 5.95 Å². The molecule has 3 rings (SSSR count). The molecule has 0 spiro atoms.